The zero-order valence-corrected chi connectivity index (χ0v) is 17.8. The van der Waals surface area contributed by atoms with Crippen LogP contribution in [-0.2, 0) is 11.3 Å². The van der Waals surface area contributed by atoms with Crippen molar-refractivity contribution in [3.63, 3.8) is 0 Å². The van der Waals surface area contributed by atoms with E-state index in [1.165, 1.54) is 12.0 Å². The minimum Gasteiger partial charge on any atom is -0.376 e. The highest BCUT2D eigenvalue weighted by atomic mass is 16.5. The van der Waals surface area contributed by atoms with Gasteiger partial charge in [0.1, 0.15) is 0 Å². The number of likely N-dealkylation sites (N-methyl/N-ethyl adjacent to an activating group) is 1. The molecule has 6 heteroatoms. The molecule has 0 amide bonds. The van der Waals surface area contributed by atoms with Crippen molar-refractivity contribution in [2.75, 3.05) is 66.5 Å². The number of hydrogen-bond donors (Lipinski definition) is 1. The number of hydrogen-bond acceptors (Lipinski definition) is 4. The molecule has 2 saturated heterocycles. The Morgan fingerprint density at radius 2 is 1.93 bits per heavy atom. The largest absolute Gasteiger partial charge is 0.376 e. The Kier molecular flexibility index (Phi) is 8.13. The summed E-state index contributed by atoms with van der Waals surface area (Å²) in [5, 5.41) is 3.60. The van der Waals surface area contributed by atoms with E-state index in [1.54, 1.807) is 0 Å². The van der Waals surface area contributed by atoms with Crippen LogP contribution in [0.5, 0.6) is 0 Å². The van der Waals surface area contributed by atoms with Gasteiger partial charge in [-0.2, -0.15) is 0 Å². The first kappa shape index (κ1) is 21.1. The third-order valence-corrected chi connectivity index (χ3v) is 5.98. The monoisotopic (exact) mass is 387 g/mol. The van der Waals surface area contributed by atoms with Crippen LogP contribution in [0.3, 0.4) is 0 Å². The standard InChI is InChI=1S/C22H37N5O/c1-19(26-13-11-25(3)12-14-26)15-24-22(23-2)27-10-9-21(16-27)18-28-17-20-7-5-4-6-8-20/h4-8,19,21H,9-18H2,1-3H3,(H,23,24). The molecule has 0 bridgehead atoms. The van der Waals surface area contributed by atoms with Crippen LogP contribution in [0, 0.1) is 5.92 Å². The second-order valence-corrected chi connectivity index (χ2v) is 8.22. The maximum absolute atomic E-state index is 5.95. The smallest absolute Gasteiger partial charge is 0.193 e. The maximum atomic E-state index is 5.95. The number of aliphatic imine (C=N–C) groups is 1. The second-order valence-electron chi connectivity index (χ2n) is 8.22. The van der Waals surface area contributed by atoms with Crippen molar-refractivity contribution in [3.8, 4) is 0 Å². The Morgan fingerprint density at radius 3 is 2.64 bits per heavy atom. The van der Waals surface area contributed by atoms with Crippen LogP contribution < -0.4 is 5.32 Å². The summed E-state index contributed by atoms with van der Waals surface area (Å²) in [7, 11) is 4.09. The van der Waals surface area contributed by atoms with Crippen LogP contribution >= 0.6 is 0 Å². The minimum absolute atomic E-state index is 0.526. The van der Waals surface area contributed by atoms with E-state index in [0.29, 0.717) is 18.6 Å². The second kappa shape index (κ2) is 10.8. The predicted octanol–water partition coefficient (Wildman–Crippen LogP) is 1.74. The summed E-state index contributed by atoms with van der Waals surface area (Å²) in [4.78, 5) is 11.9. The number of nitrogens with one attached hydrogen (secondary N) is 1. The predicted molar refractivity (Wildman–Crippen MR) is 116 cm³/mol. The van der Waals surface area contributed by atoms with Gasteiger partial charge < -0.3 is 19.9 Å². The molecule has 28 heavy (non-hydrogen) atoms. The van der Waals surface area contributed by atoms with Gasteiger partial charge in [0.25, 0.3) is 0 Å². The number of rotatable bonds is 7. The van der Waals surface area contributed by atoms with Gasteiger partial charge in [-0.1, -0.05) is 30.3 Å². The molecule has 1 aromatic rings. The Hall–Kier alpha value is -1.63. The highest BCUT2D eigenvalue weighted by molar-refractivity contribution is 5.80. The Morgan fingerprint density at radius 1 is 1.18 bits per heavy atom. The van der Waals surface area contributed by atoms with Gasteiger partial charge in [-0.15, -0.1) is 0 Å². The van der Waals surface area contributed by atoms with Gasteiger partial charge in [-0.05, 0) is 26.0 Å². The van der Waals surface area contributed by atoms with Gasteiger partial charge >= 0.3 is 0 Å². The van der Waals surface area contributed by atoms with Crippen LogP contribution in [0.2, 0.25) is 0 Å². The lowest BCUT2D eigenvalue weighted by Crippen LogP contribution is -2.52. The molecule has 156 valence electrons. The Labute approximate surface area is 170 Å². The summed E-state index contributed by atoms with van der Waals surface area (Å²) in [5.41, 5.74) is 1.24. The molecule has 1 aromatic carbocycles. The van der Waals surface area contributed by atoms with Crippen molar-refractivity contribution in [3.05, 3.63) is 35.9 Å². The van der Waals surface area contributed by atoms with Gasteiger partial charge in [0.2, 0.25) is 0 Å². The summed E-state index contributed by atoms with van der Waals surface area (Å²) in [6, 6.07) is 10.9. The van der Waals surface area contributed by atoms with Crippen LogP contribution in [-0.4, -0.2) is 93.2 Å². The van der Waals surface area contributed by atoms with Crippen molar-refractivity contribution >= 4 is 5.96 Å². The highest BCUT2D eigenvalue weighted by Gasteiger charge is 2.26. The molecule has 2 heterocycles. The fraction of sp³-hybridized carbons (Fsp3) is 0.682. The minimum atomic E-state index is 0.526. The van der Waals surface area contributed by atoms with E-state index < -0.39 is 0 Å². The fourth-order valence-corrected chi connectivity index (χ4v) is 4.04. The molecule has 0 aromatic heterocycles. The molecule has 2 fully saturated rings. The summed E-state index contributed by atoms with van der Waals surface area (Å²) in [5.74, 6) is 1.61. The zero-order chi connectivity index (χ0) is 19.8. The summed E-state index contributed by atoms with van der Waals surface area (Å²) >= 11 is 0. The first-order valence-electron chi connectivity index (χ1n) is 10.7. The molecule has 2 aliphatic rings. The van der Waals surface area contributed by atoms with Gasteiger partial charge in [0, 0.05) is 64.8 Å². The number of benzene rings is 1. The van der Waals surface area contributed by atoms with Gasteiger partial charge in [-0.25, -0.2) is 0 Å². The molecular weight excluding hydrogens is 350 g/mol. The Bertz CT molecular complexity index is 600. The molecule has 3 rings (SSSR count). The van der Waals surface area contributed by atoms with E-state index in [1.807, 2.05) is 13.1 Å². The molecule has 2 unspecified atom stereocenters. The molecule has 2 aliphatic heterocycles. The average Bonchev–Trinajstić information content (AvgIpc) is 3.18. The zero-order valence-electron chi connectivity index (χ0n) is 17.8. The number of piperazine rings is 1. The van der Waals surface area contributed by atoms with E-state index in [0.717, 1.165) is 58.4 Å². The van der Waals surface area contributed by atoms with Gasteiger partial charge in [-0.3, -0.25) is 9.89 Å². The molecular formula is C22H37N5O. The van der Waals surface area contributed by atoms with E-state index in [4.69, 9.17) is 4.74 Å². The number of nitrogens with zero attached hydrogens (tertiary/aromatic N) is 4. The SMILES string of the molecule is CN=C(NCC(C)N1CCN(C)CC1)N1CCC(COCc2ccccc2)C1. The van der Waals surface area contributed by atoms with E-state index in [-0.39, 0.29) is 0 Å². The topological polar surface area (TPSA) is 43.3 Å². The van der Waals surface area contributed by atoms with Crippen LogP contribution in [0.4, 0.5) is 0 Å². The average molecular weight is 388 g/mol. The molecule has 0 aliphatic carbocycles. The van der Waals surface area contributed by atoms with Gasteiger partial charge in [0.15, 0.2) is 5.96 Å². The fourth-order valence-electron chi connectivity index (χ4n) is 4.04. The van der Waals surface area contributed by atoms with Crippen LogP contribution in [0.15, 0.2) is 35.3 Å². The van der Waals surface area contributed by atoms with Crippen molar-refractivity contribution < 1.29 is 4.74 Å². The third-order valence-electron chi connectivity index (χ3n) is 5.98. The molecule has 2 atom stereocenters. The van der Waals surface area contributed by atoms with E-state index in [2.05, 4.69) is 63.2 Å². The molecule has 0 spiro atoms. The number of ether oxygens (including phenoxy) is 1. The van der Waals surface area contributed by atoms with Crippen molar-refractivity contribution in [1.82, 2.24) is 20.0 Å². The van der Waals surface area contributed by atoms with Gasteiger partial charge in [0.05, 0.1) is 13.2 Å². The normalized spacial score (nSPS) is 23.2. The number of guanidine groups is 1. The summed E-state index contributed by atoms with van der Waals surface area (Å²) in [6.45, 7) is 11.5. The first-order chi connectivity index (χ1) is 13.7. The summed E-state index contributed by atoms with van der Waals surface area (Å²) < 4.78 is 5.95. The lowest BCUT2D eigenvalue weighted by molar-refractivity contribution is 0.0906. The number of likely N-dealkylation sites (tertiary alicyclic amines) is 1. The quantitative estimate of drug-likeness (QED) is 0.570. The van der Waals surface area contributed by atoms with Crippen molar-refractivity contribution in [2.45, 2.75) is 26.0 Å². The molecule has 0 saturated carbocycles. The van der Waals surface area contributed by atoms with Crippen LogP contribution in [0.25, 0.3) is 0 Å². The lowest BCUT2D eigenvalue weighted by atomic mass is 10.1. The van der Waals surface area contributed by atoms with E-state index >= 15 is 0 Å². The van der Waals surface area contributed by atoms with Crippen molar-refractivity contribution in [2.24, 2.45) is 10.9 Å². The Balaban J connectivity index is 1.36. The first-order valence-corrected chi connectivity index (χ1v) is 10.7. The molecule has 6 nitrogen and oxygen atoms in total. The third kappa shape index (κ3) is 6.19. The van der Waals surface area contributed by atoms with E-state index in [9.17, 15) is 0 Å². The van der Waals surface area contributed by atoms with Crippen LogP contribution in [0.1, 0.15) is 18.9 Å². The summed E-state index contributed by atoms with van der Waals surface area (Å²) in [6.07, 6.45) is 1.17. The lowest BCUT2D eigenvalue weighted by Gasteiger charge is -2.37. The molecule has 1 N–H and O–H groups in total. The maximum Gasteiger partial charge on any atom is 0.193 e. The molecule has 0 radical (unpaired) electrons. The highest BCUT2D eigenvalue weighted by Crippen LogP contribution is 2.17. The van der Waals surface area contributed by atoms with Crippen molar-refractivity contribution in [1.29, 1.82) is 0 Å².